The molecule has 0 radical (unpaired) electrons. The van der Waals surface area contributed by atoms with Crippen molar-refractivity contribution in [3.63, 3.8) is 0 Å². The third-order valence-corrected chi connectivity index (χ3v) is 15.3. The van der Waals surface area contributed by atoms with E-state index in [9.17, 15) is 24.0 Å². The summed E-state index contributed by atoms with van der Waals surface area (Å²) < 4.78 is 45.0. The molecule has 3 aromatic rings. The van der Waals surface area contributed by atoms with Gasteiger partial charge in [0.15, 0.2) is 11.7 Å². The summed E-state index contributed by atoms with van der Waals surface area (Å²) in [5.41, 5.74) is -0.578. The van der Waals surface area contributed by atoms with E-state index in [1.165, 1.54) is 0 Å². The molecule has 1 aromatic carbocycles. The maximum Gasteiger partial charge on any atom is 0.355 e. The molecule has 294 valence electrons. The highest BCUT2D eigenvalue weighted by atomic mass is 16.8. The van der Waals surface area contributed by atoms with Crippen LogP contribution in [0.4, 0.5) is 0 Å². The van der Waals surface area contributed by atoms with Crippen LogP contribution >= 0.6 is 0 Å². The molecular formula is C43H40N2O12. The molecule has 2 spiro atoms. The largest absolute Gasteiger partial charge is 0.458 e. The SMILES string of the molecule is CCC1(OC(=O)CC(=O)OC2C3(C(C)C)OC3C3OC34C3(C)CCC5=C(COC5=O)C3CC3OC324)C(=O)OCc2c1cc1n(c2=O)Cc2cc3ccccc3nc2-1. The number of cyclic esters (lactones) is 2. The van der Waals surface area contributed by atoms with Crippen LogP contribution < -0.4 is 5.56 Å². The standard InChI is InChI=1S/C43H40N2O12/c1-5-40(26-13-28-32-21(12-20-8-6-7-9-27(20)44-32)16-45(28)35(48)24(26)18-52-38(40)50)55-31(47)15-30(46)53-37-41(19(2)3)33(56-41)34-43(57-34)39(4)11-10-22-23(17-51-36(22)49)25(39)14-29-42(37,43)54-29/h6-9,12-13,19,25,29,33-34,37H,5,10-11,14-18H2,1-4H3. The Morgan fingerprint density at radius 2 is 1.84 bits per heavy atom. The summed E-state index contributed by atoms with van der Waals surface area (Å²) in [6.45, 7) is 8.15. The maximum atomic E-state index is 14.1. The van der Waals surface area contributed by atoms with Crippen molar-refractivity contribution >= 4 is 34.8 Å². The number of hydrogen-bond donors (Lipinski definition) is 0. The Morgan fingerprint density at radius 1 is 1.02 bits per heavy atom. The molecule has 2 saturated carbocycles. The van der Waals surface area contributed by atoms with Gasteiger partial charge >= 0.3 is 23.9 Å². The second-order valence-electron chi connectivity index (χ2n) is 17.8. The quantitative estimate of drug-likeness (QED) is 0.120. The van der Waals surface area contributed by atoms with E-state index < -0.39 is 58.3 Å². The van der Waals surface area contributed by atoms with Gasteiger partial charge in [-0.2, -0.15) is 0 Å². The number of rotatable bonds is 6. The fraction of sp³-hybridized carbons (Fsp3) is 0.535. The first-order valence-corrected chi connectivity index (χ1v) is 20.0. The summed E-state index contributed by atoms with van der Waals surface area (Å²) in [7, 11) is 0. The number of fused-ring (bicyclic) bond motifs is 9. The molecule has 14 heteroatoms. The van der Waals surface area contributed by atoms with E-state index in [0.29, 0.717) is 37.2 Å². The number of epoxide rings is 3. The number of aromatic nitrogens is 2. The van der Waals surface area contributed by atoms with Gasteiger partial charge in [-0.3, -0.25) is 14.4 Å². The molecule has 0 N–H and O–H groups in total. The summed E-state index contributed by atoms with van der Waals surface area (Å²) in [5, 5.41) is 0.937. The van der Waals surface area contributed by atoms with Crippen molar-refractivity contribution < 1.29 is 52.3 Å². The number of esters is 4. The summed E-state index contributed by atoms with van der Waals surface area (Å²) >= 11 is 0. The lowest BCUT2D eigenvalue weighted by molar-refractivity contribution is -0.192. The Bertz CT molecular complexity index is 2560. The van der Waals surface area contributed by atoms with Crippen molar-refractivity contribution in [1.82, 2.24) is 9.55 Å². The van der Waals surface area contributed by atoms with Gasteiger partial charge in [-0.25, -0.2) is 14.6 Å². The molecule has 12 rings (SSSR count). The predicted octanol–water partition coefficient (Wildman–Crippen LogP) is 3.69. The fourth-order valence-corrected chi connectivity index (χ4v) is 12.4. The monoisotopic (exact) mass is 776 g/mol. The van der Waals surface area contributed by atoms with Crippen molar-refractivity contribution in [3.8, 4) is 11.4 Å². The van der Waals surface area contributed by atoms with Crippen LogP contribution in [0.2, 0.25) is 0 Å². The normalized spacial score (nSPS) is 39.2. The second kappa shape index (κ2) is 10.6. The summed E-state index contributed by atoms with van der Waals surface area (Å²) in [5.74, 6) is -3.03. The Balaban J connectivity index is 0.852. The van der Waals surface area contributed by atoms with Crippen molar-refractivity contribution in [2.24, 2.45) is 17.3 Å². The average molecular weight is 777 g/mol. The number of benzene rings is 1. The Morgan fingerprint density at radius 3 is 2.65 bits per heavy atom. The summed E-state index contributed by atoms with van der Waals surface area (Å²) in [6.07, 6.45) is -0.848. The van der Waals surface area contributed by atoms with Crippen LogP contribution in [-0.4, -0.2) is 81.3 Å². The van der Waals surface area contributed by atoms with Crippen LogP contribution in [0.5, 0.6) is 0 Å². The zero-order valence-corrected chi connectivity index (χ0v) is 31.9. The van der Waals surface area contributed by atoms with E-state index in [2.05, 4.69) is 6.92 Å². The van der Waals surface area contributed by atoms with E-state index in [1.807, 2.05) is 44.2 Å². The summed E-state index contributed by atoms with van der Waals surface area (Å²) in [6, 6.07) is 11.4. The van der Waals surface area contributed by atoms with Crippen LogP contribution in [0.15, 0.2) is 52.3 Å². The van der Waals surface area contributed by atoms with Gasteiger partial charge in [-0.05, 0) is 61.3 Å². The minimum atomic E-state index is -1.98. The number of ether oxygens (including phenoxy) is 7. The molecule has 9 aliphatic rings. The first kappa shape index (κ1) is 34.1. The highest BCUT2D eigenvalue weighted by Crippen LogP contribution is 2.83. The number of nitrogens with zero attached hydrogens (tertiary/aromatic N) is 2. The van der Waals surface area contributed by atoms with Crippen LogP contribution in [0.25, 0.3) is 22.3 Å². The molecule has 8 heterocycles. The third kappa shape index (κ3) is 3.84. The lowest BCUT2D eigenvalue weighted by atomic mass is 9.46. The fourth-order valence-electron chi connectivity index (χ4n) is 12.4. The van der Waals surface area contributed by atoms with Gasteiger partial charge < -0.3 is 37.7 Å². The first-order chi connectivity index (χ1) is 27.3. The first-order valence-electron chi connectivity index (χ1n) is 20.0. The summed E-state index contributed by atoms with van der Waals surface area (Å²) in [4.78, 5) is 73.1. The number of hydrogen-bond acceptors (Lipinski definition) is 13. The third-order valence-electron chi connectivity index (χ3n) is 15.3. The van der Waals surface area contributed by atoms with Crippen LogP contribution in [-0.2, 0) is 71.1 Å². The molecule has 2 aromatic heterocycles. The molecule has 5 fully saturated rings. The zero-order valence-electron chi connectivity index (χ0n) is 31.9. The maximum absolute atomic E-state index is 14.1. The van der Waals surface area contributed by atoms with E-state index in [4.69, 9.17) is 38.1 Å². The number of carbonyl (C=O) groups excluding carboxylic acids is 4. The average Bonchev–Trinajstić information content (AvgIpc) is 4.13. The molecule has 57 heavy (non-hydrogen) atoms. The van der Waals surface area contributed by atoms with Crippen LogP contribution in [0.3, 0.4) is 0 Å². The topological polar surface area (TPSA) is 178 Å². The molecule has 10 atom stereocenters. The number of pyridine rings is 2. The van der Waals surface area contributed by atoms with Gasteiger partial charge in [-0.1, -0.05) is 45.9 Å². The van der Waals surface area contributed by atoms with Crippen molar-refractivity contribution in [1.29, 1.82) is 0 Å². The molecule has 3 saturated heterocycles. The van der Waals surface area contributed by atoms with E-state index in [1.54, 1.807) is 17.6 Å². The van der Waals surface area contributed by atoms with Crippen LogP contribution in [0.1, 0.15) is 76.5 Å². The minimum Gasteiger partial charge on any atom is -0.458 e. The molecular weight excluding hydrogens is 736 g/mol. The van der Waals surface area contributed by atoms with Gasteiger partial charge in [0.05, 0.1) is 35.1 Å². The van der Waals surface area contributed by atoms with Crippen molar-refractivity contribution in [2.45, 2.75) is 120 Å². The Labute approximate surface area is 325 Å². The number of carbonyl (C=O) groups is 4. The van der Waals surface area contributed by atoms with Gasteiger partial charge in [0.2, 0.25) is 5.60 Å². The van der Waals surface area contributed by atoms with Gasteiger partial charge in [0, 0.05) is 27.5 Å². The highest BCUT2D eigenvalue weighted by Gasteiger charge is 3.01. The van der Waals surface area contributed by atoms with Crippen molar-refractivity contribution in [2.75, 3.05) is 6.61 Å². The number of para-hydroxylation sites is 1. The smallest absolute Gasteiger partial charge is 0.355 e. The van der Waals surface area contributed by atoms with Gasteiger partial charge in [-0.15, -0.1) is 0 Å². The zero-order chi connectivity index (χ0) is 39.2. The highest BCUT2D eigenvalue weighted by molar-refractivity contribution is 5.95. The van der Waals surface area contributed by atoms with E-state index in [-0.39, 0.29) is 72.4 Å². The second-order valence-corrected chi connectivity index (χ2v) is 17.8. The van der Waals surface area contributed by atoms with Crippen LogP contribution in [0, 0.1) is 17.3 Å². The predicted molar refractivity (Wildman–Crippen MR) is 194 cm³/mol. The van der Waals surface area contributed by atoms with E-state index in [0.717, 1.165) is 27.6 Å². The lowest BCUT2D eigenvalue weighted by Gasteiger charge is -2.53. The molecule has 14 nitrogen and oxygen atoms in total. The molecule has 3 aliphatic carbocycles. The lowest BCUT2D eigenvalue weighted by Crippen LogP contribution is -2.70. The van der Waals surface area contributed by atoms with Gasteiger partial charge in [0.1, 0.15) is 43.0 Å². The molecule has 0 bridgehead atoms. The Kier molecular flexibility index (Phi) is 6.33. The molecule has 10 unspecified atom stereocenters. The van der Waals surface area contributed by atoms with Crippen molar-refractivity contribution in [3.05, 3.63) is 74.6 Å². The Hall–Kier alpha value is -4.92. The minimum absolute atomic E-state index is 0.00353. The molecule has 0 amide bonds. The molecule has 6 aliphatic heterocycles. The van der Waals surface area contributed by atoms with Gasteiger partial charge in [0.25, 0.3) is 5.56 Å². The van der Waals surface area contributed by atoms with E-state index >= 15 is 0 Å².